The second-order valence-corrected chi connectivity index (χ2v) is 4.48. The molecule has 2 atom stereocenters. The number of fused-ring (bicyclic) bond motifs is 1. The Labute approximate surface area is 100 Å². The maximum Gasteiger partial charge on any atom is 0.303 e. The first-order valence-corrected chi connectivity index (χ1v) is 5.83. The SMILES string of the molecule is NCC(CC(=O)O)C1COc2ccccc2C1. The zero-order chi connectivity index (χ0) is 12.3. The average molecular weight is 235 g/mol. The van der Waals surface area contributed by atoms with Gasteiger partial charge in [-0.25, -0.2) is 0 Å². The Bertz CT molecular complexity index is 405. The van der Waals surface area contributed by atoms with Gasteiger partial charge in [-0.2, -0.15) is 0 Å². The molecular weight excluding hydrogens is 218 g/mol. The average Bonchev–Trinajstić information content (AvgIpc) is 2.35. The predicted molar refractivity (Wildman–Crippen MR) is 63.9 cm³/mol. The van der Waals surface area contributed by atoms with Gasteiger partial charge in [-0.15, -0.1) is 0 Å². The van der Waals surface area contributed by atoms with Gasteiger partial charge in [0.15, 0.2) is 0 Å². The second kappa shape index (κ2) is 5.19. The fraction of sp³-hybridized carbons (Fsp3) is 0.462. The topological polar surface area (TPSA) is 72.6 Å². The van der Waals surface area contributed by atoms with Crippen LogP contribution in [0.15, 0.2) is 24.3 Å². The molecule has 17 heavy (non-hydrogen) atoms. The molecule has 0 bridgehead atoms. The molecule has 2 rings (SSSR count). The van der Waals surface area contributed by atoms with E-state index in [2.05, 4.69) is 0 Å². The molecule has 0 fully saturated rings. The Balaban J connectivity index is 2.08. The highest BCUT2D eigenvalue weighted by atomic mass is 16.5. The van der Waals surface area contributed by atoms with E-state index in [0.717, 1.165) is 17.7 Å². The zero-order valence-corrected chi connectivity index (χ0v) is 9.63. The van der Waals surface area contributed by atoms with Crippen molar-refractivity contribution >= 4 is 5.97 Å². The normalized spacial score (nSPS) is 20.2. The van der Waals surface area contributed by atoms with Crippen LogP contribution in [0.25, 0.3) is 0 Å². The van der Waals surface area contributed by atoms with Gasteiger partial charge < -0.3 is 15.6 Å². The lowest BCUT2D eigenvalue weighted by Gasteiger charge is -2.30. The van der Waals surface area contributed by atoms with Crippen LogP contribution >= 0.6 is 0 Å². The minimum Gasteiger partial charge on any atom is -0.493 e. The summed E-state index contributed by atoms with van der Waals surface area (Å²) in [7, 11) is 0. The van der Waals surface area contributed by atoms with Crippen molar-refractivity contribution in [1.82, 2.24) is 0 Å². The number of carboxylic acid groups (broad SMARTS) is 1. The monoisotopic (exact) mass is 235 g/mol. The van der Waals surface area contributed by atoms with Gasteiger partial charge in [-0.1, -0.05) is 18.2 Å². The highest BCUT2D eigenvalue weighted by Crippen LogP contribution is 2.31. The van der Waals surface area contributed by atoms with Crippen LogP contribution in [-0.4, -0.2) is 24.2 Å². The van der Waals surface area contributed by atoms with E-state index in [1.165, 1.54) is 0 Å². The number of carbonyl (C=O) groups is 1. The molecule has 1 aromatic carbocycles. The molecule has 1 aromatic rings. The van der Waals surface area contributed by atoms with Crippen molar-refractivity contribution in [2.24, 2.45) is 17.6 Å². The highest BCUT2D eigenvalue weighted by molar-refractivity contribution is 5.67. The van der Waals surface area contributed by atoms with E-state index < -0.39 is 5.97 Å². The molecular formula is C13H17NO3. The summed E-state index contributed by atoms with van der Waals surface area (Å²) in [6.07, 6.45) is 0.970. The molecule has 1 aliphatic rings. The van der Waals surface area contributed by atoms with Crippen molar-refractivity contribution in [3.63, 3.8) is 0 Å². The molecule has 0 aliphatic carbocycles. The van der Waals surface area contributed by atoms with Crippen LogP contribution in [0.1, 0.15) is 12.0 Å². The maximum atomic E-state index is 10.8. The molecule has 3 N–H and O–H groups in total. The Morgan fingerprint density at radius 3 is 3.00 bits per heavy atom. The summed E-state index contributed by atoms with van der Waals surface area (Å²) < 4.78 is 5.65. The third kappa shape index (κ3) is 2.77. The summed E-state index contributed by atoms with van der Waals surface area (Å²) in [4.78, 5) is 10.8. The maximum absolute atomic E-state index is 10.8. The van der Waals surface area contributed by atoms with Crippen molar-refractivity contribution in [2.75, 3.05) is 13.2 Å². The van der Waals surface area contributed by atoms with Crippen molar-refractivity contribution in [3.8, 4) is 5.75 Å². The van der Waals surface area contributed by atoms with E-state index >= 15 is 0 Å². The van der Waals surface area contributed by atoms with Crippen LogP contribution in [0, 0.1) is 11.8 Å². The third-order valence-corrected chi connectivity index (χ3v) is 3.31. The van der Waals surface area contributed by atoms with Gasteiger partial charge in [-0.05, 0) is 30.5 Å². The minimum absolute atomic E-state index is 0.0131. The fourth-order valence-corrected chi connectivity index (χ4v) is 2.32. The number of benzene rings is 1. The fourth-order valence-electron chi connectivity index (χ4n) is 2.32. The Hall–Kier alpha value is -1.55. The van der Waals surface area contributed by atoms with Crippen LogP contribution in [0.4, 0.5) is 0 Å². The first-order valence-electron chi connectivity index (χ1n) is 5.83. The largest absolute Gasteiger partial charge is 0.493 e. The zero-order valence-electron chi connectivity index (χ0n) is 9.63. The standard InChI is InChI=1S/C13H17NO3/c14-7-10(6-13(15)16)11-5-9-3-1-2-4-12(9)17-8-11/h1-4,10-11H,5-8,14H2,(H,15,16). The Kier molecular flexibility index (Phi) is 3.64. The minimum atomic E-state index is -0.792. The van der Waals surface area contributed by atoms with Gasteiger partial charge >= 0.3 is 5.97 Å². The number of carboxylic acids is 1. The molecule has 4 nitrogen and oxygen atoms in total. The summed E-state index contributed by atoms with van der Waals surface area (Å²) in [6, 6.07) is 7.88. The Morgan fingerprint density at radius 1 is 1.53 bits per heavy atom. The smallest absolute Gasteiger partial charge is 0.303 e. The van der Waals surface area contributed by atoms with Crippen molar-refractivity contribution in [2.45, 2.75) is 12.8 Å². The van der Waals surface area contributed by atoms with E-state index in [1.807, 2.05) is 24.3 Å². The molecule has 0 amide bonds. The summed E-state index contributed by atoms with van der Waals surface area (Å²) in [5.74, 6) is 0.306. The molecule has 2 unspecified atom stereocenters. The lowest BCUT2D eigenvalue weighted by atomic mass is 9.83. The lowest BCUT2D eigenvalue weighted by Crippen LogP contribution is -2.33. The molecule has 0 saturated carbocycles. The first kappa shape index (κ1) is 11.9. The molecule has 0 radical (unpaired) electrons. The number of ether oxygens (including phenoxy) is 1. The van der Waals surface area contributed by atoms with Crippen molar-refractivity contribution < 1.29 is 14.6 Å². The van der Waals surface area contributed by atoms with Crippen molar-refractivity contribution in [1.29, 1.82) is 0 Å². The first-order chi connectivity index (χ1) is 8.20. The highest BCUT2D eigenvalue weighted by Gasteiger charge is 2.27. The molecule has 0 aromatic heterocycles. The van der Waals surface area contributed by atoms with E-state index in [4.69, 9.17) is 15.6 Å². The summed E-state index contributed by atoms with van der Waals surface area (Å²) in [5.41, 5.74) is 6.80. The van der Waals surface area contributed by atoms with Crippen LogP contribution in [0.5, 0.6) is 5.75 Å². The number of para-hydroxylation sites is 1. The number of rotatable bonds is 4. The van der Waals surface area contributed by atoms with E-state index in [0.29, 0.717) is 13.2 Å². The van der Waals surface area contributed by atoms with Crippen LogP contribution in [0.3, 0.4) is 0 Å². The van der Waals surface area contributed by atoms with Gasteiger partial charge in [-0.3, -0.25) is 4.79 Å². The van der Waals surface area contributed by atoms with E-state index in [-0.39, 0.29) is 18.3 Å². The molecule has 4 heteroatoms. The predicted octanol–water partition coefficient (Wildman–Crippen LogP) is 1.29. The number of nitrogens with two attached hydrogens (primary N) is 1. The van der Waals surface area contributed by atoms with Crippen molar-refractivity contribution in [3.05, 3.63) is 29.8 Å². The number of hydrogen-bond acceptors (Lipinski definition) is 3. The third-order valence-electron chi connectivity index (χ3n) is 3.31. The Morgan fingerprint density at radius 2 is 2.29 bits per heavy atom. The molecule has 92 valence electrons. The van der Waals surface area contributed by atoms with E-state index in [1.54, 1.807) is 0 Å². The van der Waals surface area contributed by atoms with Gasteiger partial charge in [0.2, 0.25) is 0 Å². The van der Waals surface area contributed by atoms with Gasteiger partial charge in [0.1, 0.15) is 5.75 Å². The van der Waals surface area contributed by atoms with Crippen LogP contribution in [0.2, 0.25) is 0 Å². The molecule has 0 saturated heterocycles. The van der Waals surface area contributed by atoms with Gasteiger partial charge in [0.25, 0.3) is 0 Å². The molecule has 1 aliphatic heterocycles. The quantitative estimate of drug-likeness (QED) is 0.824. The van der Waals surface area contributed by atoms with Gasteiger partial charge in [0.05, 0.1) is 6.61 Å². The molecule has 1 heterocycles. The van der Waals surface area contributed by atoms with Gasteiger partial charge in [0, 0.05) is 12.3 Å². The van der Waals surface area contributed by atoms with Crippen LogP contribution in [-0.2, 0) is 11.2 Å². The second-order valence-electron chi connectivity index (χ2n) is 4.48. The lowest BCUT2D eigenvalue weighted by molar-refractivity contribution is -0.138. The number of hydrogen-bond donors (Lipinski definition) is 2. The summed E-state index contributed by atoms with van der Waals surface area (Å²) >= 11 is 0. The molecule has 0 spiro atoms. The van der Waals surface area contributed by atoms with E-state index in [9.17, 15) is 4.79 Å². The number of aliphatic carboxylic acids is 1. The summed E-state index contributed by atoms with van der Waals surface area (Å²) in [6.45, 7) is 0.953. The summed E-state index contributed by atoms with van der Waals surface area (Å²) in [5, 5.41) is 8.84. The van der Waals surface area contributed by atoms with Crippen LogP contribution < -0.4 is 10.5 Å².